The highest BCUT2D eigenvalue weighted by atomic mass is 16.3. The zero-order chi connectivity index (χ0) is 15.6. The first-order chi connectivity index (χ1) is 9.73. The second-order valence-corrected chi connectivity index (χ2v) is 7.14. The maximum absolute atomic E-state index is 12.2. The van der Waals surface area contributed by atoms with Crippen molar-refractivity contribution < 1.29 is 5.11 Å². The molecule has 0 amide bonds. The van der Waals surface area contributed by atoms with E-state index in [0.717, 1.165) is 24.1 Å². The van der Waals surface area contributed by atoms with Gasteiger partial charge in [0.2, 0.25) is 0 Å². The molecule has 0 fully saturated rings. The van der Waals surface area contributed by atoms with Gasteiger partial charge in [-0.1, -0.05) is 26.8 Å². The smallest absolute Gasteiger partial charge is 0.269 e. The Labute approximate surface area is 123 Å². The molecule has 3 rings (SSSR count). The summed E-state index contributed by atoms with van der Waals surface area (Å²) in [4.78, 5) is 12.2. The topological polar surface area (TPSA) is 81.8 Å². The minimum Gasteiger partial charge on any atom is -0.387 e. The predicted molar refractivity (Wildman–Crippen MR) is 78.7 cm³/mol. The maximum Gasteiger partial charge on any atom is 0.269 e. The molecule has 2 N–H and O–H groups in total. The Bertz CT molecular complexity index is 732. The van der Waals surface area contributed by atoms with Crippen LogP contribution in [0.1, 0.15) is 38.4 Å². The quantitative estimate of drug-likeness (QED) is 0.756. The van der Waals surface area contributed by atoms with Gasteiger partial charge in [-0.3, -0.25) is 14.6 Å². The van der Waals surface area contributed by atoms with E-state index in [1.165, 1.54) is 4.68 Å². The molecule has 1 aromatic heterocycles. The lowest BCUT2D eigenvalue weighted by Gasteiger charge is -2.52. The summed E-state index contributed by atoms with van der Waals surface area (Å²) in [7, 11) is 1.72. The fourth-order valence-corrected chi connectivity index (χ4v) is 4.44. The molecule has 0 bridgehead atoms. The van der Waals surface area contributed by atoms with Crippen LogP contribution in [0.15, 0.2) is 16.4 Å². The van der Waals surface area contributed by atoms with Gasteiger partial charge in [0.1, 0.15) is 0 Å². The molecule has 21 heavy (non-hydrogen) atoms. The van der Waals surface area contributed by atoms with Crippen molar-refractivity contribution in [1.29, 1.82) is 5.26 Å². The van der Waals surface area contributed by atoms with Gasteiger partial charge in [-0.25, -0.2) is 0 Å². The van der Waals surface area contributed by atoms with Gasteiger partial charge in [0, 0.05) is 18.0 Å². The fourth-order valence-electron chi connectivity index (χ4n) is 4.44. The lowest BCUT2D eigenvalue weighted by atomic mass is 9.52. The summed E-state index contributed by atoms with van der Waals surface area (Å²) in [5.41, 5.74) is 1.31. The van der Waals surface area contributed by atoms with Crippen LogP contribution in [0.2, 0.25) is 0 Å². The molecule has 1 aromatic rings. The molecule has 5 heteroatoms. The molecule has 0 saturated heterocycles. The number of aliphatic hydroxyl groups is 1. The molecule has 0 saturated carbocycles. The average Bonchev–Trinajstić information content (AvgIpc) is 2.72. The van der Waals surface area contributed by atoms with E-state index in [1.807, 2.05) is 19.9 Å². The third-order valence-electron chi connectivity index (χ3n) is 5.57. The van der Waals surface area contributed by atoms with Crippen LogP contribution >= 0.6 is 0 Å². The summed E-state index contributed by atoms with van der Waals surface area (Å²) in [6.45, 7) is 6.09. The lowest BCUT2D eigenvalue weighted by molar-refractivity contribution is -0.0102. The molecule has 0 aromatic carbocycles. The summed E-state index contributed by atoms with van der Waals surface area (Å²) in [6, 6.07) is 2.13. The number of nitrogens with one attached hydrogen (secondary N) is 1. The van der Waals surface area contributed by atoms with Gasteiger partial charge in [0.05, 0.1) is 23.4 Å². The van der Waals surface area contributed by atoms with Crippen molar-refractivity contribution in [3.05, 3.63) is 33.3 Å². The number of aliphatic hydroxyl groups excluding tert-OH is 1. The molecule has 1 heterocycles. The van der Waals surface area contributed by atoms with E-state index in [2.05, 4.69) is 18.1 Å². The number of nitrogens with zero attached hydrogens (tertiary/aromatic N) is 2. The van der Waals surface area contributed by atoms with E-state index < -0.39 is 16.9 Å². The zero-order valence-electron chi connectivity index (χ0n) is 12.9. The summed E-state index contributed by atoms with van der Waals surface area (Å²) in [5.74, 6) is 0.183. The Morgan fingerprint density at radius 3 is 2.76 bits per heavy atom. The van der Waals surface area contributed by atoms with Crippen molar-refractivity contribution in [3.63, 3.8) is 0 Å². The van der Waals surface area contributed by atoms with Crippen LogP contribution in [0.4, 0.5) is 0 Å². The first-order valence-electron chi connectivity index (χ1n) is 7.32. The molecule has 0 radical (unpaired) electrons. The van der Waals surface area contributed by atoms with E-state index in [0.29, 0.717) is 5.57 Å². The van der Waals surface area contributed by atoms with Crippen LogP contribution < -0.4 is 5.56 Å². The summed E-state index contributed by atoms with van der Waals surface area (Å²) < 4.78 is 1.51. The third-order valence-corrected chi connectivity index (χ3v) is 5.57. The number of aromatic amines is 1. The van der Waals surface area contributed by atoms with Crippen LogP contribution in [0, 0.1) is 22.7 Å². The first kappa shape index (κ1) is 14.2. The highest BCUT2D eigenvalue weighted by molar-refractivity contribution is 5.44. The Morgan fingerprint density at radius 1 is 1.48 bits per heavy atom. The van der Waals surface area contributed by atoms with E-state index in [9.17, 15) is 15.2 Å². The fraction of sp³-hybridized carbons (Fsp3) is 0.625. The van der Waals surface area contributed by atoms with E-state index in [1.54, 1.807) is 7.05 Å². The number of fused-ring (bicyclic) bond motifs is 3. The minimum absolute atomic E-state index is 0.0144. The number of hydrogen-bond donors (Lipinski definition) is 2. The normalized spacial score (nSPS) is 33.6. The minimum atomic E-state index is -0.752. The highest BCUT2D eigenvalue weighted by Gasteiger charge is 2.54. The van der Waals surface area contributed by atoms with Gasteiger partial charge >= 0.3 is 0 Å². The number of H-pyrrole nitrogens is 1. The number of rotatable bonds is 0. The van der Waals surface area contributed by atoms with Gasteiger partial charge < -0.3 is 5.11 Å². The SMILES string of the molecule is Cn1[nH]c2c(c1=O)CC[C@H]1C(C)(C)C(O)C(C#N)=C[C@]21C. The van der Waals surface area contributed by atoms with Crippen LogP contribution in [-0.4, -0.2) is 21.0 Å². The second kappa shape index (κ2) is 4.11. The van der Waals surface area contributed by atoms with Gasteiger partial charge in [-0.15, -0.1) is 0 Å². The molecular weight excluding hydrogens is 266 g/mol. The van der Waals surface area contributed by atoms with E-state index in [4.69, 9.17) is 0 Å². The molecule has 1 unspecified atom stereocenters. The van der Waals surface area contributed by atoms with Gasteiger partial charge in [-0.2, -0.15) is 5.26 Å². The van der Waals surface area contributed by atoms with Gasteiger partial charge in [0.15, 0.2) is 0 Å². The van der Waals surface area contributed by atoms with Crippen LogP contribution in [0.25, 0.3) is 0 Å². The molecule has 112 valence electrons. The lowest BCUT2D eigenvalue weighted by Crippen LogP contribution is -2.53. The molecule has 0 aliphatic heterocycles. The maximum atomic E-state index is 12.2. The Kier molecular flexibility index (Phi) is 2.77. The first-order valence-corrected chi connectivity index (χ1v) is 7.32. The molecule has 2 aliphatic rings. The van der Waals surface area contributed by atoms with Crippen molar-refractivity contribution >= 4 is 0 Å². The van der Waals surface area contributed by atoms with Crippen LogP contribution in [0.5, 0.6) is 0 Å². The largest absolute Gasteiger partial charge is 0.387 e. The van der Waals surface area contributed by atoms with Crippen molar-refractivity contribution in [2.45, 2.75) is 45.1 Å². The second-order valence-electron chi connectivity index (χ2n) is 7.14. The molecular formula is C16H21N3O2. The molecule has 2 aliphatic carbocycles. The standard InChI is InChI=1S/C16H21N3O2/c1-15(2)11-6-5-10-12(18-19(4)14(10)21)16(11,3)7-9(8-17)13(15)20/h7,11,13,18,20H,5-6H2,1-4H3/t11-,13?,16-/m0/s1. The number of nitriles is 1. The summed E-state index contributed by atoms with van der Waals surface area (Å²) >= 11 is 0. The van der Waals surface area contributed by atoms with Gasteiger partial charge in [-0.05, 0) is 24.2 Å². The summed E-state index contributed by atoms with van der Waals surface area (Å²) in [5, 5.41) is 23.0. The predicted octanol–water partition coefficient (Wildman–Crippen LogP) is 1.38. The molecule has 0 spiro atoms. The van der Waals surface area contributed by atoms with Gasteiger partial charge in [0.25, 0.3) is 5.56 Å². The molecule has 3 atom stereocenters. The number of aryl methyl sites for hydroxylation is 1. The average molecular weight is 287 g/mol. The summed E-state index contributed by atoms with van der Waals surface area (Å²) in [6.07, 6.45) is 2.67. The number of aromatic nitrogens is 2. The number of hydrogen-bond acceptors (Lipinski definition) is 3. The van der Waals surface area contributed by atoms with Crippen molar-refractivity contribution in [3.8, 4) is 6.07 Å². The third kappa shape index (κ3) is 1.63. The Hall–Kier alpha value is -1.80. The molecule has 5 nitrogen and oxygen atoms in total. The van der Waals surface area contributed by atoms with Crippen LogP contribution in [-0.2, 0) is 18.9 Å². The Balaban J connectivity index is 2.30. The van der Waals surface area contributed by atoms with Crippen molar-refractivity contribution in [2.24, 2.45) is 18.4 Å². The van der Waals surface area contributed by atoms with E-state index in [-0.39, 0.29) is 11.5 Å². The highest BCUT2D eigenvalue weighted by Crippen LogP contribution is 2.54. The zero-order valence-corrected chi connectivity index (χ0v) is 12.9. The Morgan fingerprint density at radius 2 is 2.14 bits per heavy atom. The number of allylic oxidation sites excluding steroid dienone is 1. The van der Waals surface area contributed by atoms with Crippen molar-refractivity contribution in [1.82, 2.24) is 9.78 Å². The van der Waals surface area contributed by atoms with E-state index >= 15 is 0 Å². The van der Waals surface area contributed by atoms with Crippen molar-refractivity contribution in [2.75, 3.05) is 0 Å². The monoisotopic (exact) mass is 287 g/mol. The van der Waals surface area contributed by atoms with Crippen LogP contribution in [0.3, 0.4) is 0 Å².